The van der Waals surface area contributed by atoms with Gasteiger partial charge in [-0.3, -0.25) is 0 Å². The molecule has 11 heavy (non-hydrogen) atoms. The molecule has 1 rings (SSSR count). The monoisotopic (exact) mass is 158 g/mol. The van der Waals surface area contributed by atoms with Crippen molar-refractivity contribution in [3.63, 3.8) is 0 Å². The Morgan fingerprint density at radius 2 is 2.09 bits per heavy atom. The van der Waals surface area contributed by atoms with E-state index in [1.807, 2.05) is 13.0 Å². The topological polar surface area (TPSA) is 43.3 Å². The van der Waals surface area contributed by atoms with Crippen molar-refractivity contribution in [2.45, 2.75) is 6.92 Å². The average molecular weight is 158 g/mol. The molecule has 0 amide bonds. The molecule has 0 unspecified atom stereocenters. The van der Waals surface area contributed by atoms with E-state index in [1.165, 1.54) is 0 Å². The molecule has 0 aliphatic rings. The van der Waals surface area contributed by atoms with Crippen LogP contribution in [0.4, 0.5) is 0 Å². The van der Waals surface area contributed by atoms with Gasteiger partial charge in [0.2, 0.25) is 7.12 Å². The molecule has 1 N–H and O–H groups in total. The van der Waals surface area contributed by atoms with Crippen molar-refractivity contribution < 1.29 is 39.6 Å². The Bertz CT molecular complexity index is 227. The van der Waals surface area contributed by atoms with Gasteiger partial charge in [0.1, 0.15) is 0 Å². The quantitative estimate of drug-likeness (QED) is 0.424. The summed E-state index contributed by atoms with van der Waals surface area (Å²) >= 11 is 0. The summed E-state index contributed by atoms with van der Waals surface area (Å²) in [4.78, 5) is 0. The van der Waals surface area contributed by atoms with E-state index in [2.05, 4.69) is 0 Å². The van der Waals surface area contributed by atoms with E-state index in [0.29, 0.717) is 5.46 Å². The van der Waals surface area contributed by atoms with Crippen molar-refractivity contribution in [2.75, 3.05) is 0 Å². The molecule has 0 radical (unpaired) electrons. The molecule has 0 aromatic heterocycles. The number of rotatable bonds is 1. The largest absolute Gasteiger partial charge is 1.00 e. The van der Waals surface area contributed by atoms with E-state index in [0.717, 1.165) is 5.56 Å². The summed E-state index contributed by atoms with van der Waals surface area (Å²) in [6.07, 6.45) is 0. The van der Waals surface area contributed by atoms with Crippen LogP contribution in [0.3, 0.4) is 0 Å². The van der Waals surface area contributed by atoms with Crippen LogP contribution in [0.15, 0.2) is 24.3 Å². The molecular weight excluding hydrogens is 150 g/mol. The zero-order valence-electron chi connectivity index (χ0n) is 6.74. The smallest absolute Gasteiger partial charge is 0.853 e. The van der Waals surface area contributed by atoms with E-state index in [1.54, 1.807) is 18.2 Å². The van der Waals surface area contributed by atoms with Crippen molar-refractivity contribution >= 4 is 12.6 Å². The summed E-state index contributed by atoms with van der Waals surface area (Å²) in [7, 11) is -1.60. The van der Waals surface area contributed by atoms with Gasteiger partial charge in [-0.1, -0.05) is 35.3 Å². The Morgan fingerprint density at radius 3 is 2.45 bits per heavy atom. The first-order chi connectivity index (χ1) is 4.70. The van der Waals surface area contributed by atoms with Crippen LogP contribution in [0.1, 0.15) is 5.56 Å². The molecule has 0 bridgehead atoms. The van der Waals surface area contributed by atoms with Crippen LogP contribution >= 0.6 is 0 Å². The van der Waals surface area contributed by atoms with Crippen molar-refractivity contribution in [3.8, 4) is 0 Å². The van der Waals surface area contributed by atoms with E-state index in [9.17, 15) is 5.02 Å². The van der Waals surface area contributed by atoms with Gasteiger partial charge >= 0.3 is 29.6 Å². The number of hydrogen-bond donors (Lipinski definition) is 1. The third-order valence-electron chi connectivity index (χ3n) is 1.33. The van der Waals surface area contributed by atoms with Crippen molar-refractivity contribution in [1.82, 2.24) is 0 Å². The second-order valence-electron chi connectivity index (χ2n) is 2.27. The maximum Gasteiger partial charge on any atom is 1.00 e. The molecule has 1 aromatic carbocycles. The normalized spacial score (nSPS) is 8.64. The molecule has 1 aromatic rings. The van der Waals surface area contributed by atoms with Crippen LogP contribution in [0, 0.1) is 6.92 Å². The molecular formula is C7H8BNaO2. The van der Waals surface area contributed by atoms with Crippen LogP contribution < -0.4 is 40.0 Å². The SMILES string of the molecule is Cc1cccc(B([O-])O)c1.[Na+]. The fourth-order valence-electron chi connectivity index (χ4n) is 0.824. The molecule has 0 aliphatic heterocycles. The molecule has 0 heterocycles. The van der Waals surface area contributed by atoms with Gasteiger partial charge in [-0.15, -0.1) is 0 Å². The minimum atomic E-state index is -1.60. The summed E-state index contributed by atoms with van der Waals surface area (Å²) in [5, 5.41) is 19.0. The fraction of sp³-hybridized carbons (Fsp3) is 0.143. The number of benzene rings is 1. The zero-order chi connectivity index (χ0) is 7.56. The van der Waals surface area contributed by atoms with Gasteiger partial charge in [-0.2, -0.15) is 0 Å². The van der Waals surface area contributed by atoms with Crippen molar-refractivity contribution in [3.05, 3.63) is 29.8 Å². The molecule has 0 aliphatic carbocycles. The predicted octanol–water partition coefficient (Wildman–Crippen LogP) is -3.95. The predicted molar refractivity (Wildman–Crippen MR) is 38.8 cm³/mol. The molecule has 0 saturated carbocycles. The Morgan fingerprint density at radius 1 is 1.45 bits per heavy atom. The van der Waals surface area contributed by atoms with Crippen LogP contribution in [0.25, 0.3) is 0 Å². The molecule has 0 atom stereocenters. The molecule has 4 heteroatoms. The minimum absolute atomic E-state index is 0. The van der Waals surface area contributed by atoms with E-state index in [-0.39, 0.29) is 29.6 Å². The van der Waals surface area contributed by atoms with Crippen molar-refractivity contribution in [2.24, 2.45) is 0 Å². The van der Waals surface area contributed by atoms with Gasteiger partial charge in [-0.05, 0) is 6.92 Å². The molecule has 0 saturated heterocycles. The second-order valence-corrected chi connectivity index (χ2v) is 2.27. The average Bonchev–Trinajstić information content (AvgIpc) is 1.88. The summed E-state index contributed by atoms with van der Waals surface area (Å²) in [6, 6.07) is 6.93. The van der Waals surface area contributed by atoms with Gasteiger partial charge in [0.25, 0.3) is 0 Å². The molecule has 52 valence electrons. The number of aryl methyl sites for hydroxylation is 1. The van der Waals surface area contributed by atoms with E-state index >= 15 is 0 Å². The Balaban J connectivity index is 0.000001000. The third-order valence-corrected chi connectivity index (χ3v) is 1.33. The first kappa shape index (κ1) is 11.2. The maximum atomic E-state index is 10.4. The molecule has 0 fully saturated rings. The van der Waals surface area contributed by atoms with Crippen LogP contribution in [0.5, 0.6) is 0 Å². The van der Waals surface area contributed by atoms with Gasteiger partial charge in [0.05, 0.1) is 0 Å². The van der Waals surface area contributed by atoms with Crippen LogP contribution in [0.2, 0.25) is 0 Å². The second kappa shape index (κ2) is 4.96. The summed E-state index contributed by atoms with van der Waals surface area (Å²) in [5.41, 5.74) is 1.42. The van der Waals surface area contributed by atoms with Gasteiger partial charge in [-0.25, -0.2) is 0 Å². The minimum Gasteiger partial charge on any atom is -0.853 e. The van der Waals surface area contributed by atoms with Crippen LogP contribution in [-0.4, -0.2) is 12.1 Å². The summed E-state index contributed by atoms with van der Waals surface area (Å²) < 4.78 is 0. The molecule has 0 spiro atoms. The van der Waals surface area contributed by atoms with E-state index in [4.69, 9.17) is 5.02 Å². The number of hydrogen-bond acceptors (Lipinski definition) is 2. The standard InChI is InChI=1S/C7H8BO2.Na/c1-6-3-2-4-7(5-6)8(9)10;/h2-5,9H,1H3;/q-1;+1. The first-order valence-corrected chi connectivity index (χ1v) is 3.10. The summed E-state index contributed by atoms with van der Waals surface area (Å²) in [5.74, 6) is 0. The maximum absolute atomic E-state index is 10.4. The fourth-order valence-corrected chi connectivity index (χ4v) is 0.824. The zero-order valence-corrected chi connectivity index (χ0v) is 8.74. The Labute approximate surface area is 88.7 Å². The third kappa shape index (κ3) is 3.40. The van der Waals surface area contributed by atoms with Crippen molar-refractivity contribution in [1.29, 1.82) is 0 Å². The van der Waals surface area contributed by atoms with Gasteiger partial charge in [0, 0.05) is 0 Å². The Hall–Kier alpha value is 0.205. The van der Waals surface area contributed by atoms with Gasteiger partial charge < -0.3 is 10.0 Å². The van der Waals surface area contributed by atoms with Crippen LogP contribution in [-0.2, 0) is 0 Å². The van der Waals surface area contributed by atoms with Gasteiger partial charge in [0.15, 0.2) is 0 Å². The van der Waals surface area contributed by atoms with E-state index < -0.39 is 7.12 Å². The first-order valence-electron chi connectivity index (χ1n) is 3.10. The molecule has 2 nitrogen and oxygen atoms in total. The summed E-state index contributed by atoms with van der Waals surface area (Å²) in [6.45, 7) is 1.88. The Kier molecular flexibility index (Phi) is 5.05.